The van der Waals surface area contributed by atoms with Crippen molar-refractivity contribution in [1.29, 1.82) is 0 Å². The monoisotopic (exact) mass is 271 g/mol. The minimum Gasteiger partial charge on any atom is -0.392 e. The first-order valence-corrected chi connectivity index (χ1v) is 9.02. The Bertz CT molecular complexity index is 231. The van der Waals surface area contributed by atoms with Crippen LogP contribution in [0, 0.1) is 5.92 Å². The summed E-state index contributed by atoms with van der Waals surface area (Å²) >= 11 is 1.99. The molecule has 0 aliphatic heterocycles. The molecule has 0 radical (unpaired) electrons. The van der Waals surface area contributed by atoms with Crippen LogP contribution in [0.15, 0.2) is 0 Å². The molecule has 0 aromatic carbocycles. The standard InChI is InChI=1S/C15H29NOS/c1-18-15-9-5-4-8-14(15)16-11-13(17)10-12-6-2-3-7-12/h12-17H,2-11H2,1H3. The van der Waals surface area contributed by atoms with E-state index in [-0.39, 0.29) is 6.10 Å². The Kier molecular flexibility index (Phi) is 6.33. The molecular formula is C15H29NOS. The fourth-order valence-electron chi connectivity index (χ4n) is 3.61. The summed E-state index contributed by atoms with van der Waals surface area (Å²) in [5, 5.41) is 14.5. The average molecular weight is 271 g/mol. The van der Waals surface area contributed by atoms with E-state index in [0.29, 0.717) is 6.04 Å². The van der Waals surface area contributed by atoms with Crippen molar-refractivity contribution in [2.24, 2.45) is 5.92 Å². The van der Waals surface area contributed by atoms with Gasteiger partial charge in [-0.05, 0) is 31.4 Å². The Labute approximate surface area is 116 Å². The van der Waals surface area contributed by atoms with Gasteiger partial charge in [-0.3, -0.25) is 0 Å². The first kappa shape index (κ1) is 14.7. The van der Waals surface area contributed by atoms with Crippen LogP contribution in [0.3, 0.4) is 0 Å². The summed E-state index contributed by atoms with van der Waals surface area (Å²) in [7, 11) is 0. The van der Waals surface area contributed by atoms with Gasteiger partial charge < -0.3 is 10.4 Å². The second kappa shape index (κ2) is 7.76. The lowest BCUT2D eigenvalue weighted by atomic mass is 9.94. The molecule has 106 valence electrons. The molecule has 2 saturated carbocycles. The van der Waals surface area contributed by atoms with Crippen LogP contribution in [0.4, 0.5) is 0 Å². The molecule has 3 heteroatoms. The highest BCUT2D eigenvalue weighted by Crippen LogP contribution is 2.29. The summed E-state index contributed by atoms with van der Waals surface area (Å²) in [6.07, 6.45) is 13.9. The van der Waals surface area contributed by atoms with Crippen LogP contribution < -0.4 is 5.32 Å². The third-order valence-electron chi connectivity index (χ3n) is 4.70. The topological polar surface area (TPSA) is 32.3 Å². The maximum absolute atomic E-state index is 10.1. The smallest absolute Gasteiger partial charge is 0.0667 e. The summed E-state index contributed by atoms with van der Waals surface area (Å²) < 4.78 is 0. The van der Waals surface area contributed by atoms with Gasteiger partial charge in [-0.15, -0.1) is 0 Å². The molecular weight excluding hydrogens is 242 g/mol. The number of hydrogen-bond donors (Lipinski definition) is 2. The molecule has 0 heterocycles. The molecule has 0 aromatic heterocycles. The molecule has 2 fully saturated rings. The van der Waals surface area contributed by atoms with Crippen LogP contribution in [0.2, 0.25) is 0 Å². The minimum absolute atomic E-state index is 0.127. The molecule has 3 unspecified atom stereocenters. The molecule has 3 atom stereocenters. The lowest BCUT2D eigenvalue weighted by molar-refractivity contribution is 0.134. The van der Waals surface area contributed by atoms with E-state index in [1.54, 1.807) is 0 Å². The summed E-state index contributed by atoms with van der Waals surface area (Å²) in [6.45, 7) is 0.804. The number of aliphatic hydroxyl groups is 1. The Morgan fingerprint density at radius 1 is 1.11 bits per heavy atom. The zero-order valence-electron chi connectivity index (χ0n) is 11.7. The van der Waals surface area contributed by atoms with Crippen molar-refractivity contribution in [2.45, 2.75) is 75.2 Å². The normalized spacial score (nSPS) is 31.7. The maximum Gasteiger partial charge on any atom is 0.0667 e. The SMILES string of the molecule is CSC1CCCCC1NCC(O)CC1CCCC1. The quantitative estimate of drug-likeness (QED) is 0.778. The molecule has 0 aromatic rings. The minimum atomic E-state index is -0.127. The van der Waals surface area contributed by atoms with Gasteiger partial charge in [0.1, 0.15) is 0 Å². The highest BCUT2D eigenvalue weighted by Gasteiger charge is 2.25. The second-order valence-electron chi connectivity index (χ2n) is 6.11. The van der Waals surface area contributed by atoms with E-state index in [9.17, 15) is 5.11 Å². The van der Waals surface area contributed by atoms with Crippen molar-refractivity contribution in [3.8, 4) is 0 Å². The molecule has 2 rings (SSSR count). The number of hydrogen-bond acceptors (Lipinski definition) is 3. The Morgan fingerprint density at radius 2 is 1.78 bits per heavy atom. The van der Waals surface area contributed by atoms with E-state index in [2.05, 4.69) is 11.6 Å². The molecule has 2 nitrogen and oxygen atoms in total. The summed E-state index contributed by atoms with van der Waals surface area (Å²) in [5.41, 5.74) is 0. The van der Waals surface area contributed by atoms with Crippen molar-refractivity contribution >= 4 is 11.8 Å². The molecule has 0 amide bonds. The van der Waals surface area contributed by atoms with E-state index in [1.165, 1.54) is 51.4 Å². The zero-order valence-corrected chi connectivity index (χ0v) is 12.6. The van der Waals surface area contributed by atoms with E-state index in [4.69, 9.17) is 0 Å². The number of rotatable bonds is 6. The number of aliphatic hydroxyl groups excluding tert-OH is 1. The lowest BCUT2D eigenvalue weighted by Crippen LogP contribution is -2.43. The van der Waals surface area contributed by atoms with Gasteiger partial charge in [-0.2, -0.15) is 11.8 Å². The Hall–Kier alpha value is 0.270. The largest absolute Gasteiger partial charge is 0.392 e. The predicted molar refractivity (Wildman–Crippen MR) is 80.1 cm³/mol. The third-order valence-corrected chi connectivity index (χ3v) is 5.87. The van der Waals surface area contributed by atoms with Crippen molar-refractivity contribution in [2.75, 3.05) is 12.8 Å². The third kappa shape index (κ3) is 4.43. The first-order chi connectivity index (χ1) is 8.79. The van der Waals surface area contributed by atoms with Gasteiger partial charge in [0, 0.05) is 17.8 Å². The van der Waals surface area contributed by atoms with E-state index < -0.39 is 0 Å². The van der Waals surface area contributed by atoms with E-state index >= 15 is 0 Å². The lowest BCUT2D eigenvalue weighted by Gasteiger charge is -2.32. The van der Waals surface area contributed by atoms with Gasteiger partial charge in [0.2, 0.25) is 0 Å². The molecule has 0 spiro atoms. The molecule has 18 heavy (non-hydrogen) atoms. The molecule has 2 aliphatic carbocycles. The van der Waals surface area contributed by atoms with E-state index in [1.807, 2.05) is 11.8 Å². The molecule has 0 saturated heterocycles. The van der Waals surface area contributed by atoms with Crippen molar-refractivity contribution in [3.63, 3.8) is 0 Å². The Balaban J connectivity index is 1.65. The van der Waals surface area contributed by atoms with Crippen molar-refractivity contribution in [1.82, 2.24) is 5.32 Å². The molecule has 2 aliphatic rings. The molecule has 0 bridgehead atoms. The summed E-state index contributed by atoms with van der Waals surface area (Å²) in [6, 6.07) is 0.631. The van der Waals surface area contributed by atoms with Crippen LogP contribution in [0.25, 0.3) is 0 Å². The summed E-state index contributed by atoms with van der Waals surface area (Å²) in [4.78, 5) is 0. The highest BCUT2D eigenvalue weighted by molar-refractivity contribution is 7.99. The van der Waals surface area contributed by atoms with Gasteiger partial charge in [-0.25, -0.2) is 0 Å². The van der Waals surface area contributed by atoms with E-state index in [0.717, 1.165) is 24.1 Å². The number of thioether (sulfide) groups is 1. The maximum atomic E-state index is 10.1. The zero-order chi connectivity index (χ0) is 12.8. The van der Waals surface area contributed by atoms with Crippen LogP contribution in [-0.2, 0) is 0 Å². The molecule has 2 N–H and O–H groups in total. The van der Waals surface area contributed by atoms with Crippen LogP contribution in [0.5, 0.6) is 0 Å². The fourth-order valence-corrected chi connectivity index (χ4v) is 4.58. The Morgan fingerprint density at radius 3 is 2.50 bits per heavy atom. The van der Waals surface area contributed by atoms with Crippen LogP contribution >= 0.6 is 11.8 Å². The van der Waals surface area contributed by atoms with Gasteiger partial charge >= 0.3 is 0 Å². The average Bonchev–Trinajstić information content (AvgIpc) is 2.89. The number of nitrogens with one attached hydrogen (secondary N) is 1. The highest BCUT2D eigenvalue weighted by atomic mass is 32.2. The predicted octanol–water partition coefficient (Wildman–Crippen LogP) is 3.19. The van der Waals surface area contributed by atoms with Gasteiger partial charge in [0.05, 0.1) is 6.10 Å². The van der Waals surface area contributed by atoms with Gasteiger partial charge in [0.25, 0.3) is 0 Å². The van der Waals surface area contributed by atoms with Crippen LogP contribution in [-0.4, -0.2) is 35.3 Å². The second-order valence-corrected chi connectivity index (χ2v) is 7.19. The first-order valence-electron chi connectivity index (χ1n) is 7.74. The summed E-state index contributed by atoms with van der Waals surface area (Å²) in [5.74, 6) is 0.796. The van der Waals surface area contributed by atoms with Crippen LogP contribution in [0.1, 0.15) is 57.8 Å². The van der Waals surface area contributed by atoms with Gasteiger partial charge in [-0.1, -0.05) is 38.5 Å². The van der Waals surface area contributed by atoms with Crippen molar-refractivity contribution < 1.29 is 5.11 Å². The fraction of sp³-hybridized carbons (Fsp3) is 1.00. The van der Waals surface area contributed by atoms with Gasteiger partial charge in [0.15, 0.2) is 0 Å². The van der Waals surface area contributed by atoms with Crippen molar-refractivity contribution in [3.05, 3.63) is 0 Å².